The van der Waals surface area contributed by atoms with Gasteiger partial charge in [-0.1, -0.05) is 25.3 Å². The fourth-order valence-corrected chi connectivity index (χ4v) is 3.34. The Morgan fingerprint density at radius 1 is 1.04 bits per heavy atom. The lowest BCUT2D eigenvalue weighted by Gasteiger charge is -2.35. The molecule has 4 N–H and O–H groups in total. The van der Waals surface area contributed by atoms with Crippen LogP contribution in [-0.4, -0.2) is 31.4 Å². The van der Waals surface area contributed by atoms with E-state index < -0.39 is 23.1 Å². The number of amides is 2. The highest BCUT2D eigenvalue weighted by Crippen LogP contribution is 2.38. The SMILES string of the molecule is NCC1(CC(=O)NCCNC(=O)c2c(F)cccc2F)CCCCC1. The molecule has 0 aliphatic heterocycles. The number of hydrogen-bond donors (Lipinski definition) is 3. The van der Waals surface area contributed by atoms with E-state index in [2.05, 4.69) is 10.6 Å². The second-order valence-electron chi connectivity index (χ2n) is 6.64. The first-order valence-corrected chi connectivity index (χ1v) is 8.66. The average molecular weight is 353 g/mol. The smallest absolute Gasteiger partial charge is 0.257 e. The highest BCUT2D eigenvalue weighted by molar-refractivity contribution is 5.94. The van der Waals surface area contributed by atoms with E-state index in [1.807, 2.05) is 0 Å². The van der Waals surface area contributed by atoms with Gasteiger partial charge in [0.2, 0.25) is 5.91 Å². The molecule has 0 spiro atoms. The first kappa shape index (κ1) is 19.3. The molecule has 7 heteroatoms. The van der Waals surface area contributed by atoms with Gasteiger partial charge < -0.3 is 16.4 Å². The van der Waals surface area contributed by atoms with Gasteiger partial charge in [-0.05, 0) is 36.9 Å². The van der Waals surface area contributed by atoms with Crippen LogP contribution in [0.1, 0.15) is 48.9 Å². The number of rotatable bonds is 7. The van der Waals surface area contributed by atoms with Crippen molar-refractivity contribution in [3.63, 3.8) is 0 Å². The van der Waals surface area contributed by atoms with Gasteiger partial charge in [-0.15, -0.1) is 0 Å². The van der Waals surface area contributed by atoms with Gasteiger partial charge in [0.15, 0.2) is 0 Å². The number of hydrogen-bond acceptors (Lipinski definition) is 3. The minimum atomic E-state index is -0.913. The first-order valence-electron chi connectivity index (χ1n) is 8.66. The van der Waals surface area contributed by atoms with Crippen LogP contribution in [0.2, 0.25) is 0 Å². The third-order valence-electron chi connectivity index (χ3n) is 4.81. The standard InChI is InChI=1S/C18H25F2N3O2/c19-13-5-4-6-14(20)16(13)17(25)23-10-9-22-15(24)11-18(12-21)7-2-1-3-8-18/h4-6H,1-3,7-12,21H2,(H,22,24)(H,23,25). The predicted molar refractivity (Wildman–Crippen MR) is 90.9 cm³/mol. The normalized spacial score (nSPS) is 16.3. The molecule has 25 heavy (non-hydrogen) atoms. The quantitative estimate of drug-likeness (QED) is 0.657. The summed E-state index contributed by atoms with van der Waals surface area (Å²) in [5, 5.41) is 5.13. The van der Waals surface area contributed by atoms with Crippen molar-refractivity contribution in [3.05, 3.63) is 35.4 Å². The maximum Gasteiger partial charge on any atom is 0.257 e. The van der Waals surface area contributed by atoms with Crippen LogP contribution in [0.4, 0.5) is 8.78 Å². The van der Waals surface area contributed by atoms with E-state index >= 15 is 0 Å². The molecule has 0 radical (unpaired) electrons. The molecule has 0 saturated heterocycles. The Balaban J connectivity index is 1.75. The van der Waals surface area contributed by atoms with Gasteiger partial charge in [0.05, 0.1) is 0 Å². The summed E-state index contributed by atoms with van der Waals surface area (Å²) in [4.78, 5) is 23.9. The van der Waals surface area contributed by atoms with Crippen molar-refractivity contribution in [2.45, 2.75) is 38.5 Å². The molecule has 1 fully saturated rings. The van der Waals surface area contributed by atoms with Crippen molar-refractivity contribution in [2.24, 2.45) is 11.1 Å². The Labute approximate surface area is 146 Å². The molecule has 1 aromatic carbocycles. The lowest BCUT2D eigenvalue weighted by Crippen LogP contribution is -2.40. The molecule has 0 aromatic heterocycles. The van der Waals surface area contributed by atoms with E-state index in [0.717, 1.165) is 37.8 Å². The second kappa shape index (κ2) is 8.89. The van der Waals surface area contributed by atoms with E-state index in [-0.39, 0.29) is 24.4 Å². The molecular weight excluding hydrogens is 328 g/mol. The van der Waals surface area contributed by atoms with Gasteiger partial charge in [0.25, 0.3) is 5.91 Å². The summed E-state index contributed by atoms with van der Waals surface area (Å²) in [6.45, 7) is 0.777. The van der Waals surface area contributed by atoms with Crippen LogP contribution in [0.5, 0.6) is 0 Å². The zero-order chi connectivity index (χ0) is 18.3. The Kier molecular flexibility index (Phi) is 6.87. The first-order chi connectivity index (χ1) is 12.0. The monoisotopic (exact) mass is 353 g/mol. The van der Waals surface area contributed by atoms with Crippen LogP contribution in [0, 0.1) is 17.0 Å². The predicted octanol–water partition coefficient (Wildman–Crippen LogP) is 2.11. The highest BCUT2D eigenvalue weighted by atomic mass is 19.1. The van der Waals surface area contributed by atoms with Gasteiger partial charge in [-0.25, -0.2) is 8.78 Å². The summed E-state index contributed by atoms with van der Waals surface area (Å²) in [6, 6.07) is 3.24. The summed E-state index contributed by atoms with van der Waals surface area (Å²) < 4.78 is 27.0. The van der Waals surface area contributed by atoms with Crippen molar-refractivity contribution in [1.29, 1.82) is 0 Å². The molecule has 5 nitrogen and oxygen atoms in total. The molecule has 1 aliphatic carbocycles. The van der Waals surface area contributed by atoms with Crippen LogP contribution in [0.15, 0.2) is 18.2 Å². The molecule has 0 heterocycles. The van der Waals surface area contributed by atoms with Crippen LogP contribution in [-0.2, 0) is 4.79 Å². The second-order valence-corrected chi connectivity index (χ2v) is 6.64. The Morgan fingerprint density at radius 2 is 1.64 bits per heavy atom. The van der Waals surface area contributed by atoms with Crippen LogP contribution >= 0.6 is 0 Å². The number of halogens is 2. The zero-order valence-corrected chi connectivity index (χ0v) is 14.2. The molecule has 2 amide bonds. The Morgan fingerprint density at radius 3 is 2.24 bits per heavy atom. The van der Waals surface area contributed by atoms with Crippen LogP contribution < -0.4 is 16.4 Å². The maximum atomic E-state index is 13.5. The largest absolute Gasteiger partial charge is 0.354 e. The molecule has 138 valence electrons. The van der Waals surface area contributed by atoms with Gasteiger partial charge in [-0.3, -0.25) is 9.59 Å². The van der Waals surface area contributed by atoms with Crippen molar-refractivity contribution in [2.75, 3.05) is 19.6 Å². The van der Waals surface area contributed by atoms with Gasteiger partial charge in [-0.2, -0.15) is 0 Å². The molecule has 1 saturated carbocycles. The van der Waals surface area contributed by atoms with E-state index in [9.17, 15) is 18.4 Å². The number of carbonyl (C=O) groups is 2. The number of carbonyl (C=O) groups excluding carboxylic acids is 2. The van der Waals surface area contributed by atoms with E-state index in [1.54, 1.807) is 0 Å². The molecule has 1 aliphatic rings. The molecule has 0 unspecified atom stereocenters. The third kappa shape index (κ3) is 5.22. The van der Waals surface area contributed by atoms with E-state index in [1.165, 1.54) is 12.5 Å². The van der Waals surface area contributed by atoms with Crippen LogP contribution in [0.25, 0.3) is 0 Å². The maximum absolute atomic E-state index is 13.5. The summed E-state index contributed by atoms with van der Waals surface area (Å²) in [6.07, 6.45) is 5.66. The number of nitrogens with one attached hydrogen (secondary N) is 2. The topological polar surface area (TPSA) is 84.2 Å². The highest BCUT2D eigenvalue weighted by Gasteiger charge is 2.32. The Bertz CT molecular complexity index is 596. The third-order valence-corrected chi connectivity index (χ3v) is 4.81. The van der Waals surface area contributed by atoms with Gasteiger partial charge in [0, 0.05) is 19.5 Å². The number of nitrogens with two attached hydrogens (primary N) is 1. The minimum Gasteiger partial charge on any atom is -0.354 e. The van der Waals surface area contributed by atoms with E-state index in [4.69, 9.17) is 5.73 Å². The van der Waals surface area contributed by atoms with E-state index in [0.29, 0.717) is 13.0 Å². The van der Waals surface area contributed by atoms with Crippen molar-refractivity contribution >= 4 is 11.8 Å². The summed E-state index contributed by atoms with van der Waals surface area (Å²) >= 11 is 0. The zero-order valence-electron chi connectivity index (χ0n) is 14.2. The van der Waals surface area contributed by atoms with Gasteiger partial charge >= 0.3 is 0 Å². The van der Waals surface area contributed by atoms with Crippen LogP contribution in [0.3, 0.4) is 0 Å². The summed E-state index contributed by atoms with van der Waals surface area (Å²) in [5.74, 6) is -2.78. The fourth-order valence-electron chi connectivity index (χ4n) is 3.34. The summed E-state index contributed by atoms with van der Waals surface area (Å²) in [5.41, 5.74) is 5.13. The number of benzene rings is 1. The van der Waals surface area contributed by atoms with Crippen molar-refractivity contribution < 1.29 is 18.4 Å². The molecule has 0 bridgehead atoms. The Hall–Kier alpha value is -2.02. The molecule has 1 aromatic rings. The molecule has 0 atom stereocenters. The molecule has 2 rings (SSSR count). The summed E-state index contributed by atoms with van der Waals surface area (Å²) in [7, 11) is 0. The minimum absolute atomic E-state index is 0.0912. The lowest BCUT2D eigenvalue weighted by atomic mass is 9.71. The van der Waals surface area contributed by atoms with Crippen molar-refractivity contribution in [1.82, 2.24) is 10.6 Å². The van der Waals surface area contributed by atoms with Gasteiger partial charge in [0.1, 0.15) is 17.2 Å². The van der Waals surface area contributed by atoms with Crippen molar-refractivity contribution in [3.8, 4) is 0 Å². The average Bonchev–Trinajstić information content (AvgIpc) is 2.59. The fraction of sp³-hybridized carbons (Fsp3) is 0.556. The molecular formula is C18H25F2N3O2. The lowest BCUT2D eigenvalue weighted by molar-refractivity contribution is -0.123.